The smallest absolute Gasteiger partial charge is 0.359 e. The number of imidazole rings is 1. The summed E-state index contributed by atoms with van der Waals surface area (Å²) in [6, 6.07) is 5.36. The summed E-state index contributed by atoms with van der Waals surface area (Å²) in [6.07, 6.45) is 1.73. The SMILES string of the molecule is CCS(=O)c1c(C(=O)OC)nc2ccccn12. The lowest BCUT2D eigenvalue weighted by Gasteiger charge is -2.01. The van der Waals surface area contributed by atoms with Gasteiger partial charge >= 0.3 is 5.97 Å². The molecule has 0 aliphatic heterocycles. The summed E-state index contributed by atoms with van der Waals surface area (Å²) in [5, 5.41) is 0.398. The van der Waals surface area contributed by atoms with Gasteiger partial charge in [0.25, 0.3) is 0 Å². The van der Waals surface area contributed by atoms with E-state index in [9.17, 15) is 9.00 Å². The lowest BCUT2D eigenvalue weighted by Crippen LogP contribution is -2.09. The molecule has 1 atom stereocenters. The summed E-state index contributed by atoms with van der Waals surface area (Å²) < 4.78 is 18.3. The normalized spacial score (nSPS) is 12.6. The maximum Gasteiger partial charge on any atom is 0.359 e. The van der Waals surface area contributed by atoms with Gasteiger partial charge in [-0.15, -0.1) is 0 Å². The van der Waals surface area contributed by atoms with Gasteiger partial charge in [-0.25, -0.2) is 9.78 Å². The Morgan fingerprint density at radius 2 is 2.29 bits per heavy atom. The van der Waals surface area contributed by atoms with E-state index >= 15 is 0 Å². The number of ether oxygens (including phenoxy) is 1. The summed E-state index contributed by atoms with van der Waals surface area (Å²) in [5.41, 5.74) is 0.712. The number of fused-ring (bicyclic) bond motifs is 1. The number of aromatic nitrogens is 2. The molecule has 0 aliphatic carbocycles. The molecule has 5 nitrogen and oxygen atoms in total. The molecule has 0 aliphatic rings. The molecular weight excluding hydrogens is 240 g/mol. The van der Waals surface area contributed by atoms with Gasteiger partial charge in [0.15, 0.2) is 5.69 Å². The Bertz CT molecular complexity index is 591. The van der Waals surface area contributed by atoms with Crippen LogP contribution < -0.4 is 0 Å². The summed E-state index contributed by atoms with van der Waals surface area (Å²) in [7, 11) is 0.0148. The van der Waals surface area contributed by atoms with Crippen LogP contribution in [0, 0.1) is 0 Å². The third-order valence-electron chi connectivity index (χ3n) is 2.34. The molecule has 2 aromatic heterocycles. The van der Waals surface area contributed by atoms with Crippen LogP contribution in [0.2, 0.25) is 0 Å². The first-order chi connectivity index (χ1) is 8.19. The number of esters is 1. The molecule has 0 bridgehead atoms. The summed E-state index contributed by atoms with van der Waals surface area (Å²) in [4.78, 5) is 15.7. The zero-order chi connectivity index (χ0) is 12.4. The van der Waals surface area contributed by atoms with E-state index in [0.29, 0.717) is 16.4 Å². The number of carbonyl (C=O) groups is 1. The topological polar surface area (TPSA) is 60.7 Å². The molecule has 2 heterocycles. The molecule has 0 saturated heterocycles. The van der Waals surface area contributed by atoms with E-state index in [1.807, 2.05) is 6.07 Å². The van der Waals surface area contributed by atoms with Gasteiger partial charge in [0.2, 0.25) is 0 Å². The van der Waals surface area contributed by atoms with Gasteiger partial charge in [0.05, 0.1) is 17.9 Å². The first kappa shape index (κ1) is 11.8. The quantitative estimate of drug-likeness (QED) is 0.771. The highest BCUT2D eigenvalue weighted by Crippen LogP contribution is 2.17. The van der Waals surface area contributed by atoms with Crippen LogP contribution >= 0.6 is 0 Å². The molecule has 0 amide bonds. The van der Waals surface area contributed by atoms with E-state index in [1.165, 1.54) is 7.11 Å². The molecule has 0 radical (unpaired) electrons. The maximum absolute atomic E-state index is 12.0. The Labute approximate surface area is 101 Å². The number of methoxy groups -OCH3 is 1. The minimum atomic E-state index is -1.27. The molecule has 2 rings (SSSR count). The first-order valence-electron chi connectivity index (χ1n) is 5.12. The highest BCUT2D eigenvalue weighted by Gasteiger charge is 2.22. The maximum atomic E-state index is 12.0. The zero-order valence-corrected chi connectivity index (χ0v) is 10.4. The van der Waals surface area contributed by atoms with Gasteiger partial charge in [0, 0.05) is 11.9 Å². The van der Waals surface area contributed by atoms with Crippen LogP contribution in [0.1, 0.15) is 17.4 Å². The fraction of sp³-hybridized carbons (Fsp3) is 0.273. The van der Waals surface area contributed by atoms with E-state index in [1.54, 1.807) is 29.7 Å². The lowest BCUT2D eigenvalue weighted by atomic mass is 10.5. The molecule has 17 heavy (non-hydrogen) atoms. The van der Waals surface area contributed by atoms with Crippen molar-refractivity contribution in [1.29, 1.82) is 0 Å². The van der Waals surface area contributed by atoms with Gasteiger partial charge < -0.3 is 4.74 Å². The van der Waals surface area contributed by atoms with Crippen molar-refractivity contribution in [1.82, 2.24) is 9.38 Å². The predicted octanol–water partition coefficient (Wildman–Crippen LogP) is 1.25. The standard InChI is InChI=1S/C11H12N2O3S/c1-3-17(15)10-9(11(14)16-2)12-8-6-4-5-7-13(8)10/h4-7H,3H2,1-2H3. The van der Waals surface area contributed by atoms with Crippen molar-refractivity contribution in [3.8, 4) is 0 Å². The predicted molar refractivity (Wildman–Crippen MR) is 63.5 cm³/mol. The molecule has 90 valence electrons. The first-order valence-corrected chi connectivity index (χ1v) is 6.44. The Morgan fingerprint density at radius 1 is 1.53 bits per heavy atom. The van der Waals surface area contributed by atoms with E-state index in [0.717, 1.165) is 0 Å². The lowest BCUT2D eigenvalue weighted by molar-refractivity contribution is 0.0590. The second-order valence-corrected chi connectivity index (χ2v) is 4.98. The van der Waals surface area contributed by atoms with Crippen LogP contribution in [0.25, 0.3) is 5.65 Å². The summed E-state index contributed by atoms with van der Waals surface area (Å²) in [6.45, 7) is 1.79. The Balaban J connectivity index is 2.73. The Morgan fingerprint density at radius 3 is 2.94 bits per heavy atom. The highest BCUT2D eigenvalue weighted by atomic mass is 32.2. The summed E-state index contributed by atoms with van der Waals surface area (Å²) in [5.74, 6) is -0.141. The molecular formula is C11H12N2O3S. The molecule has 1 unspecified atom stereocenters. The van der Waals surface area contributed by atoms with Gasteiger partial charge in [-0.3, -0.25) is 8.61 Å². The number of nitrogens with zero attached hydrogens (tertiary/aromatic N) is 2. The number of carbonyl (C=O) groups excluding carboxylic acids is 1. The molecule has 2 aromatic rings. The molecule has 0 aromatic carbocycles. The molecule has 0 N–H and O–H groups in total. The largest absolute Gasteiger partial charge is 0.464 e. The van der Waals surface area contributed by atoms with Crippen LogP contribution in [-0.4, -0.2) is 32.4 Å². The highest BCUT2D eigenvalue weighted by molar-refractivity contribution is 7.85. The minimum Gasteiger partial charge on any atom is -0.464 e. The molecule has 0 fully saturated rings. The van der Waals surface area contributed by atoms with Gasteiger partial charge in [-0.1, -0.05) is 13.0 Å². The average Bonchev–Trinajstić information content (AvgIpc) is 2.76. The van der Waals surface area contributed by atoms with Crippen molar-refractivity contribution < 1.29 is 13.7 Å². The van der Waals surface area contributed by atoms with Crippen molar-refractivity contribution in [2.75, 3.05) is 12.9 Å². The second-order valence-electron chi connectivity index (χ2n) is 3.32. The van der Waals surface area contributed by atoms with E-state index in [2.05, 4.69) is 9.72 Å². The van der Waals surface area contributed by atoms with Crippen molar-refractivity contribution in [3.05, 3.63) is 30.1 Å². The minimum absolute atomic E-state index is 0.124. The van der Waals surface area contributed by atoms with Crippen LogP contribution in [-0.2, 0) is 15.5 Å². The van der Waals surface area contributed by atoms with Gasteiger partial charge in [0.1, 0.15) is 10.7 Å². The summed E-state index contributed by atoms with van der Waals surface area (Å²) >= 11 is 0. The number of hydrogen-bond acceptors (Lipinski definition) is 4. The van der Waals surface area contributed by atoms with Crippen molar-refractivity contribution >= 4 is 22.4 Å². The van der Waals surface area contributed by atoms with Crippen LogP contribution in [0.15, 0.2) is 29.4 Å². The average molecular weight is 252 g/mol. The van der Waals surface area contributed by atoms with Crippen molar-refractivity contribution in [2.45, 2.75) is 11.9 Å². The Kier molecular flexibility index (Phi) is 3.23. The van der Waals surface area contributed by atoms with Crippen LogP contribution in [0.3, 0.4) is 0 Å². The molecule has 6 heteroatoms. The fourth-order valence-electron chi connectivity index (χ4n) is 1.56. The number of rotatable bonds is 3. The molecule has 0 spiro atoms. The van der Waals surface area contributed by atoms with Crippen molar-refractivity contribution in [2.24, 2.45) is 0 Å². The second kappa shape index (κ2) is 4.67. The van der Waals surface area contributed by atoms with Crippen LogP contribution in [0.5, 0.6) is 0 Å². The zero-order valence-electron chi connectivity index (χ0n) is 9.54. The third kappa shape index (κ3) is 1.95. The van der Waals surface area contributed by atoms with E-state index < -0.39 is 16.8 Å². The van der Waals surface area contributed by atoms with Gasteiger partial charge in [-0.05, 0) is 12.1 Å². The van der Waals surface area contributed by atoms with E-state index in [-0.39, 0.29) is 5.69 Å². The van der Waals surface area contributed by atoms with E-state index in [4.69, 9.17) is 0 Å². The van der Waals surface area contributed by atoms with Gasteiger partial charge in [-0.2, -0.15) is 0 Å². The van der Waals surface area contributed by atoms with Crippen LogP contribution in [0.4, 0.5) is 0 Å². The third-order valence-corrected chi connectivity index (χ3v) is 3.69. The van der Waals surface area contributed by atoms with Crippen molar-refractivity contribution in [3.63, 3.8) is 0 Å². The number of hydrogen-bond donors (Lipinski definition) is 0. The monoisotopic (exact) mass is 252 g/mol. The number of pyridine rings is 1. The molecule has 0 saturated carbocycles. The fourth-order valence-corrected chi connectivity index (χ4v) is 2.55. The Hall–Kier alpha value is -1.69.